The molecule has 3 nitrogen and oxygen atoms in total. The van der Waals surface area contributed by atoms with E-state index in [0.717, 1.165) is 19.5 Å². The van der Waals surface area contributed by atoms with E-state index in [1.807, 2.05) is 12.1 Å². The van der Waals surface area contributed by atoms with Gasteiger partial charge in [0, 0.05) is 18.8 Å². The summed E-state index contributed by atoms with van der Waals surface area (Å²) in [5, 5.41) is 3.29. The van der Waals surface area contributed by atoms with Crippen LogP contribution in [0.25, 0.3) is 0 Å². The molecule has 0 unspecified atom stereocenters. The molecule has 0 saturated heterocycles. The van der Waals surface area contributed by atoms with Crippen LogP contribution in [0.1, 0.15) is 39.7 Å². The molecule has 1 rings (SSSR count). The first-order valence-corrected chi connectivity index (χ1v) is 5.92. The average Bonchev–Trinajstić information content (AvgIpc) is 2.26. The summed E-state index contributed by atoms with van der Waals surface area (Å²) in [5.74, 6) is 0.710. The molecule has 90 valence electrons. The molecule has 1 aromatic rings. The lowest BCUT2D eigenvalue weighted by molar-refractivity contribution is 0.0989. The van der Waals surface area contributed by atoms with E-state index in [4.69, 9.17) is 4.74 Å². The summed E-state index contributed by atoms with van der Waals surface area (Å²) in [6.45, 7) is 10.2. The summed E-state index contributed by atoms with van der Waals surface area (Å²) >= 11 is 0. The maximum atomic E-state index is 5.83. The van der Waals surface area contributed by atoms with Crippen molar-refractivity contribution in [2.24, 2.45) is 0 Å². The monoisotopic (exact) mass is 222 g/mol. The molecule has 1 heterocycles. The molecule has 0 spiro atoms. The topological polar surface area (TPSA) is 34.2 Å². The third-order valence-electron chi connectivity index (χ3n) is 2.61. The van der Waals surface area contributed by atoms with Crippen LogP contribution in [0.4, 0.5) is 0 Å². The third kappa shape index (κ3) is 4.19. The minimum Gasteiger partial charge on any atom is -0.472 e. The Morgan fingerprint density at radius 1 is 1.38 bits per heavy atom. The summed E-state index contributed by atoms with van der Waals surface area (Å²) in [4.78, 5) is 4.23. The van der Waals surface area contributed by atoms with Crippen LogP contribution in [0.15, 0.2) is 18.3 Å². The molecule has 1 N–H and O–H groups in total. The first-order valence-electron chi connectivity index (χ1n) is 5.92. The molecule has 16 heavy (non-hydrogen) atoms. The van der Waals surface area contributed by atoms with Crippen molar-refractivity contribution >= 4 is 0 Å². The summed E-state index contributed by atoms with van der Waals surface area (Å²) < 4.78 is 5.83. The van der Waals surface area contributed by atoms with Crippen molar-refractivity contribution in [1.82, 2.24) is 10.3 Å². The molecule has 0 fully saturated rings. The fraction of sp³-hybridized carbons (Fsp3) is 0.615. The molecular formula is C13H22N2O. The zero-order chi connectivity index (χ0) is 12.0. The number of nitrogens with zero attached hydrogens (tertiary/aromatic N) is 1. The van der Waals surface area contributed by atoms with Crippen molar-refractivity contribution < 1.29 is 4.74 Å². The smallest absolute Gasteiger partial charge is 0.214 e. The highest BCUT2D eigenvalue weighted by Gasteiger charge is 2.17. The summed E-state index contributed by atoms with van der Waals surface area (Å²) in [7, 11) is 0. The SMILES string of the molecule is CCNCc1ccnc(OC(C)(C)CC)c1. The van der Waals surface area contributed by atoms with Gasteiger partial charge in [0.15, 0.2) is 0 Å². The minimum absolute atomic E-state index is 0.149. The number of nitrogens with one attached hydrogen (secondary N) is 1. The van der Waals surface area contributed by atoms with Gasteiger partial charge in [0.25, 0.3) is 0 Å². The Kier molecular flexibility index (Phi) is 4.74. The van der Waals surface area contributed by atoms with E-state index < -0.39 is 0 Å². The lowest BCUT2D eigenvalue weighted by Crippen LogP contribution is -2.27. The Labute approximate surface area is 98.2 Å². The van der Waals surface area contributed by atoms with E-state index in [1.54, 1.807) is 6.20 Å². The number of aromatic nitrogens is 1. The molecule has 0 aliphatic heterocycles. The molecule has 0 amide bonds. The van der Waals surface area contributed by atoms with Crippen molar-refractivity contribution in [2.45, 2.75) is 46.3 Å². The minimum atomic E-state index is -0.149. The third-order valence-corrected chi connectivity index (χ3v) is 2.61. The van der Waals surface area contributed by atoms with E-state index in [1.165, 1.54) is 5.56 Å². The quantitative estimate of drug-likeness (QED) is 0.803. The molecule has 0 aliphatic carbocycles. The van der Waals surface area contributed by atoms with Crippen LogP contribution in [0.5, 0.6) is 5.88 Å². The first kappa shape index (κ1) is 13.0. The summed E-state index contributed by atoms with van der Waals surface area (Å²) in [6, 6.07) is 4.01. The average molecular weight is 222 g/mol. The molecular weight excluding hydrogens is 200 g/mol. The number of ether oxygens (including phenoxy) is 1. The lowest BCUT2D eigenvalue weighted by atomic mass is 10.1. The Morgan fingerprint density at radius 3 is 2.75 bits per heavy atom. The van der Waals surface area contributed by atoms with Gasteiger partial charge in [0.1, 0.15) is 5.60 Å². The predicted molar refractivity (Wildman–Crippen MR) is 66.6 cm³/mol. The van der Waals surface area contributed by atoms with Gasteiger partial charge in [-0.05, 0) is 38.4 Å². The van der Waals surface area contributed by atoms with E-state index in [0.29, 0.717) is 5.88 Å². The van der Waals surface area contributed by atoms with Gasteiger partial charge in [0.05, 0.1) is 0 Å². The fourth-order valence-electron chi connectivity index (χ4n) is 1.24. The van der Waals surface area contributed by atoms with E-state index in [-0.39, 0.29) is 5.60 Å². The number of hydrogen-bond donors (Lipinski definition) is 1. The highest BCUT2D eigenvalue weighted by molar-refractivity contribution is 5.20. The Hall–Kier alpha value is -1.09. The molecule has 0 atom stereocenters. The van der Waals surface area contributed by atoms with Crippen molar-refractivity contribution in [3.05, 3.63) is 23.9 Å². The van der Waals surface area contributed by atoms with E-state index in [9.17, 15) is 0 Å². The molecule has 0 bridgehead atoms. The Morgan fingerprint density at radius 2 is 2.12 bits per heavy atom. The first-order chi connectivity index (χ1) is 7.57. The van der Waals surface area contributed by atoms with Crippen molar-refractivity contribution in [3.8, 4) is 5.88 Å². The van der Waals surface area contributed by atoms with Gasteiger partial charge in [-0.2, -0.15) is 0 Å². The maximum absolute atomic E-state index is 5.83. The standard InChI is InChI=1S/C13H22N2O/c1-5-13(3,4)16-12-9-11(7-8-15-12)10-14-6-2/h7-9,14H,5-6,10H2,1-4H3. The summed E-state index contributed by atoms with van der Waals surface area (Å²) in [6.07, 6.45) is 2.76. The second-order valence-electron chi connectivity index (χ2n) is 4.50. The summed E-state index contributed by atoms with van der Waals surface area (Å²) in [5.41, 5.74) is 1.06. The Bertz CT molecular complexity index is 323. The highest BCUT2D eigenvalue weighted by Crippen LogP contribution is 2.19. The van der Waals surface area contributed by atoms with Crippen molar-refractivity contribution in [2.75, 3.05) is 6.54 Å². The molecule has 0 aromatic carbocycles. The zero-order valence-corrected chi connectivity index (χ0v) is 10.7. The second-order valence-corrected chi connectivity index (χ2v) is 4.50. The van der Waals surface area contributed by atoms with Gasteiger partial charge in [-0.25, -0.2) is 4.98 Å². The number of pyridine rings is 1. The van der Waals surface area contributed by atoms with Crippen molar-refractivity contribution in [3.63, 3.8) is 0 Å². The Balaban J connectivity index is 2.67. The van der Waals surface area contributed by atoms with Crippen LogP contribution in [-0.2, 0) is 6.54 Å². The van der Waals surface area contributed by atoms with E-state index >= 15 is 0 Å². The molecule has 3 heteroatoms. The number of rotatable bonds is 6. The predicted octanol–water partition coefficient (Wildman–Crippen LogP) is 2.76. The maximum Gasteiger partial charge on any atom is 0.214 e. The van der Waals surface area contributed by atoms with Crippen LogP contribution in [0, 0.1) is 0 Å². The lowest BCUT2D eigenvalue weighted by Gasteiger charge is -2.24. The zero-order valence-electron chi connectivity index (χ0n) is 10.7. The molecule has 0 aliphatic rings. The van der Waals surface area contributed by atoms with E-state index in [2.05, 4.69) is 38.0 Å². The number of hydrogen-bond acceptors (Lipinski definition) is 3. The van der Waals surface area contributed by atoms with Gasteiger partial charge < -0.3 is 10.1 Å². The van der Waals surface area contributed by atoms with Gasteiger partial charge >= 0.3 is 0 Å². The van der Waals surface area contributed by atoms with Crippen LogP contribution in [-0.4, -0.2) is 17.1 Å². The molecule has 1 aromatic heterocycles. The largest absolute Gasteiger partial charge is 0.472 e. The normalized spacial score (nSPS) is 11.5. The highest BCUT2D eigenvalue weighted by atomic mass is 16.5. The van der Waals surface area contributed by atoms with Crippen LogP contribution < -0.4 is 10.1 Å². The van der Waals surface area contributed by atoms with Crippen LogP contribution >= 0.6 is 0 Å². The second kappa shape index (κ2) is 5.85. The van der Waals surface area contributed by atoms with Crippen molar-refractivity contribution in [1.29, 1.82) is 0 Å². The van der Waals surface area contributed by atoms with Gasteiger partial charge in [-0.3, -0.25) is 0 Å². The fourth-order valence-corrected chi connectivity index (χ4v) is 1.24. The molecule has 0 saturated carbocycles. The van der Waals surface area contributed by atoms with Crippen LogP contribution in [0.2, 0.25) is 0 Å². The molecule has 0 radical (unpaired) electrons. The van der Waals surface area contributed by atoms with Gasteiger partial charge in [0.2, 0.25) is 5.88 Å². The van der Waals surface area contributed by atoms with Gasteiger partial charge in [-0.15, -0.1) is 0 Å². The van der Waals surface area contributed by atoms with Gasteiger partial charge in [-0.1, -0.05) is 13.8 Å². The van der Waals surface area contributed by atoms with Crippen LogP contribution in [0.3, 0.4) is 0 Å².